The summed E-state index contributed by atoms with van der Waals surface area (Å²) in [5.41, 5.74) is 1.46. The van der Waals surface area contributed by atoms with Crippen LogP contribution in [0.15, 0.2) is 30.3 Å². The van der Waals surface area contributed by atoms with Crippen LogP contribution in [-0.2, 0) is 0 Å². The van der Waals surface area contributed by atoms with Gasteiger partial charge in [-0.25, -0.2) is 0 Å². The Morgan fingerprint density at radius 2 is 1.53 bits per heavy atom. The molecule has 5 nitrogen and oxygen atoms in total. The summed E-state index contributed by atoms with van der Waals surface area (Å²) in [5.74, 6) is 0. The highest BCUT2D eigenvalue weighted by atomic mass is 16.3. The van der Waals surface area contributed by atoms with Crippen LogP contribution in [0.2, 0.25) is 0 Å². The van der Waals surface area contributed by atoms with Crippen molar-refractivity contribution in [2.45, 2.75) is 50.6 Å². The number of likely N-dealkylation sites (tertiary alicyclic amines) is 2. The van der Waals surface area contributed by atoms with Crippen LogP contribution in [-0.4, -0.2) is 103 Å². The van der Waals surface area contributed by atoms with Crippen molar-refractivity contribution in [2.24, 2.45) is 0 Å². The van der Waals surface area contributed by atoms with E-state index in [0.717, 1.165) is 45.3 Å². The van der Waals surface area contributed by atoms with Crippen LogP contribution in [0.25, 0.3) is 0 Å². The van der Waals surface area contributed by atoms with E-state index in [9.17, 15) is 5.11 Å². The van der Waals surface area contributed by atoms with Crippen molar-refractivity contribution >= 4 is 0 Å². The maximum atomic E-state index is 9.33. The van der Waals surface area contributed by atoms with Gasteiger partial charge in [-0.15, -0.1) is 0 Å². The van der Waals surface area contributed by atoms with E-state index in [1.807, 2.05) is 0 Å². The van der Waals surface area contributed by atoms with E-state index in [1.54, 1.807) is 0 Å². The van der Waals surface area contributed by atoms with Gasteiger partial charge in [0.25, 0.3) is 0 Å². The number of hydrogen-bond donors (Lipinski definition) is 1. The van der Waals surface area contributed by atoms with Crippen LogP contribution >= 0.6 is 0 Å². The maximum absolute atomic E-state index is 9.33. The van der Waals surface area contributed by atoms with Crippen molar-refractivity contribution in [3.8, 4) is 0 Å². The Bertz CT molecular complexity index is 598. The lowest BCUT2D eigenvalue weighted by Gasteiger charge is -2.42. The third-order valence-corrected chi connectivity index (χ3v) is 7.56. The van der Waals surface area contributed by atoms with Gasteiger partial charge in [0.05, 0.1) is 6.61 Å². The lowest BCUT2D eigenvalue weighted by molar-refractivity contribution is 0.0719. The van der Waals surface area contributed by atoms with Gasteiger partial charge in [-0.05, 0) is 70.4 Å². The molecule has 3 aliphatic rings. The van der Waals surface area contributed by atoms with Gasteiger partial charge in [0.15, 0.2) is 0 Å². The second-order valence-electron chi connectivity index (χ2n) is 9.51. The first-order valence-electron chi connectivity index (χ1n) is 12.4. The third kappa shape index (κ3) is 6.04. The molecule has 5 heteroatoms. The molecule has 3 fully saturated rings. The molecule has 0 aromatic heterocycles. The summed E-state index contributed by atoms with van der Waals surface area (Å²) in [6.45, 7) is 11.8. The maximum Gasteiger partial charge on any atom is 0.0558 e. The molecule has 1 unspecified atom stereocenters. The number of benzene rings is 1. The van der Waals surface area contributed by atoms with E-state index in [0.29, 0.717) is 6.04 Å². The van der Waals surface area contributed by atoms with Crippen LogP contribution < -0.4 is 0 Å². The molecule has 4 rings (SSSR count). The monoisotopic (exact) mass is 414 g/mol. The minimum atomic E-state index is 0.272. The summed E-state index contributed by atoms with van der Waals surface area (Å²) >= 11 is 0. The standard InChI is InChI=1S/C25H42N4O/c30-21-20-26-12-7-15-29(19-18-26)25(23-8-3-1-4-9-23)22-27-16-10-24(11-17-27)28-13-5-2-6-14-28/h1,3-4,8-9,24-25,30H,2,5-7,10-22H2. The van der Waals surface area contributed by atoms with Gasteiger partial charge in [-0.1, -0.05) is 36.8 Å². The highest BCUT2D eigenvalue weighted by Gasteiger charge is 2.29. The minimum absolute atomic E-state index is 0.272. The highest BCUT2D eigenvalue weighted by Crippen LogP contribution is 2.27. The van der Waals surface area contributed by atoms with Crippen LogP contribution in [0.1, 0.15) is 50.1 Å². The minimum Gasteiger partial charge on any atom is -0.395 e. The van der Waals surface area contributed by atoms with Crippen molar-refractivity contribution in [3.05, 3.63) is 35.9 Å². The molecule has 168 valence electrons. The molecule has 1 N–H and O–H groups in total. The Morgan fingerprint density at radius 3 is 2.27 bits per heavy atom. The van der Waals surface area contributed by atoms with Crippen molar-refractivity contribution in [3.63, 3.8) is 0 Å². The summed E-state index contributed by atoms with van der Waals surface area (Å²) in [6, 6.07) is 12.5. The molecule has 3 aliphatic heterocycles. The van der Waals surface area contributed by atoms with E-state index in [2.05, 4.69) is 49.9 Å². The first kappa shape index (κ1) is 22.2. The first-order valence-corrected chi connectivity index (χ1v) is 12.4. The number of hydrogen-bond acceptors (Lipinski definition) is 5. The van der Waals surface area contributed by atoms with E-state index < -0.39 is 0 Å². The number of β-amino-alcohol motifs (C(OH)–C–C–N with tert-alkyl or cyclic N) is 1. The lowest BCUT2D eigenvalue weighted by Crippen LogP contribution is -2.48. The quantitative estimate of drug-likeness (QED) is 0.742. The second kappa shape index (κ2) is 11.6. The normalized spacial score (nSPS) is 25.2. The van der Waals surface area contributed by atoms with Crippen LogP contribution in [0.4, 0.5) is 0 Å². The van der Waals surface area contributed by atoms with Crippen LogP contribution in [0.5, 0.6) is 0 Å². The van der Waals surface area contributed by atoms with Gasteiger partial charge in [-0.3, -0.25) is 9.80 Å². The van der Waals surface area contributed by atoms with Crippen LogP contribution in [0.3, 0.4) is 0 Å². The van der Waals surface area contributed by atoms with E-state index in [-0.39, 0.29) is 6.61 Å². The summed E-state index contributed by atoms with van der Waals surface area (Å²) in [7, 11) is 0. The number of aliphatic hydroxyl groups is 1. The molecule has 3 heterocycles. The summed E-state index contributed by atoms with van der Waals surface area (Å²) in [4.78, 5) is 10.6. The molecule has 0 aliphatic carbocycles. The van der Waals surface area contributed by atoms with Crippen molar-refractivity contribution in [1.82, 2.24) is 19.6 Å². The number of piperidine rings is 2. The zero-order chi connectivity index (χ0) is 20.6. The highest BCUT2D eigenvalue weighted by molar-refractivity contribution is 5.19. The van der Waals surface area contributed by atoms with Gasteiger partial charge >= 0.3 is 0 Å². The number of aliphatic hydroxyl groups excluding tert-OH is 1. The lowest BCUT2D eigenvalue weighted by atomic mass is 9.98. The predicted octanol–water partition coefficient (Wildman–Crippen LogP) is 2.68. The average molecular weight is 415 g/mol. The molecule has 30 heavy (non-hydrogen) atoms. The summed E-state index contributed by atoms with van der Waals surface area (Å²) in [6.07, 6.45) is 8.11. The largest absolute Gasteiger partial charge is 0.395 e. The summed E-state index contributed by atoms with van der Waals surface area (Å²) in [5, 5.41) is 9.33. The van der Waals surface area contributed by atoms with Gasteiger partial charge in [0.2, 0.25) is 0 Å². The van der Waals surface area contributed by atoms with E-state index in [4.69, 9.17) is 0 Å². The molecule has 0 amide bonds. The van der Waals surface area contributed by atoms with Crippen molar-refractivity contribution < 1.29 is 5.11 Å². The van der Waals surface area contributed by atoms with E-state index >= 15 is 0 Å². The van der Waals surface area contributed by atoms with Gasteiger partial charge in [0.1, 0.15) is 0 Å². The molecule has 1 atom stereocenters. The molecule has 3 saturated heterocycles. The number of rotatable bonds is 7. The molecule has 1 aromatic rings. The SMILES string of the molecule is OCCN1CCCN(C(CN2CCC(N3CCCCC3)CC2)c2ccccc2)CC1. The Labute approximate surface area is 183 Å². The third-order valence-electron chi connectivity index (χ3n) is 7.56. The fourth-order valence-corrected chi connectivity index (χ4v) is 5.77. The van der Waals surface area contributed by atoms with Crippen molar-refractivity contribution in [2.75, 3.05) is 72.1 Å². The fraction of sp³-hybridized carbons (Fsp3) is 0.760. The topological polar surface area (TPSA) is 33.2 Å². The zero-order valence-corrected chi connectivity index (χ0v) is 18.8. The second-order valence-corrected chi connectivity index (χ2v) is 9.51. The fourth-order valence-electron chi connectivity index (χ4n) is 5.77. The van der Waals surface area contributed by atoms with E-state index in [1.165, 1.54) is 70.3 Å². The Balaban J connectivity index is 1.36. The first-order chi connectivity index (χ1) is 14.8. The molecule has 0 bridgehead atoms. The van der Waals surface area contributed by atoms with Crippen molar-refractivity contribution in [1.29, 1.82) is 0 Å². The number of nitrogens with zero attached hydrogens (tertiary/aromatic N) is 4. The zero-order valence-electron chi connectivity index (χ0n) is 18.8. The molecule has 0 spiro atoms. The molecule has 1 aromatic carbocycles. The molecular formula is C25H42N4O. The Kier molecular flexibility index (Phi) is 8.58. The molecular weight excluding hydrogens is 372 g/mol. The Morgan fingerprint density at radius 1 is 0.767 bits per heavy atom. The predicted molar refractivity (Wildman–Crippen MR) is 124 cm³/mol. The summed E-state index contributed by atoms with van der Waals surface area (Å²) < 4.78 is 0. The van der Waals surface area contributed by atoms with Crippen LogP contribution in [0, 0.1) is 0 Å². The van der Waals surface area contributed by atoms with Gasteiger partial charge < -0.3 is 14.9 Å². The Hall–Kier alpha value is -0.980. The van der Waals surface area contributed by atoms with Gasteiger partial charge in [0, 0.05) is 44.8 Å². The molecule has 0 radical (unpaired) electrons. The smallest absolute Gasteiger partial charge is 0.0558 e. The van der Waals surface area contributed by atoms with Gasteiger partial charge in [-0.2, -0.15) is 0 Å². The average Bonchev–Trinajstić information content (AvgIpc) is 3.05. The molecule has 0 saturated carbocycles.